The van der Waals surface area contributed by atoms with Crippen LogP contribution in [0.25, 0.3) is 0 Å². The zero-order valence-electron chi connectivity index (χ0n) is 26.9. The van der Waals surface area contributed by atoms with E-state index in [-0.39, 0.29) is 12.2 Å². The first-order valence-electron chi connectivity index (χ1n) is 15.7. The lowest BCUT2D eigenvalue weighted by Gasteiger charge is -2.22. The second-order valence-corrected chi connectivity index (χ2v) is 12.8. The Morgan fingerprint density at radius 2 is 1.07 bits per heavy atom. The molecular weight excluding hydrogens is 518 g/mol. The van der Waals surface area contributed by atoms with Gasteiger partial charge in [0.05, 0.1) is 6.61 Å². The molecular formula is C33H59N3O5. The second-order valence-electron chi connectivity index (χ2n) is 12.8. The van der Waals surface area contributed by atoms with E-state index in [0.29, 0.717) is 19.7 Å². The molecule has 2 amide bonds. The van der Waals surface area contributed by atoms with Gasteiger partial charge in [0.15, 0.2) is 0 Å². The minimum absolute atomic E-state index is 0.336. The van der Waals surface area contributed by atoms with Gasteiger partial charge in [0.2, 0.25) is 0 Å². The van der Waals surface area contributed by atoms with Gasteiger partial charge in [-0.15, -0.1) is 0 Å². The van der Waals surface area contributed by atoms with Crippen molar-refractivity contribution in [1.82, 2.24) is 15.5 Å². The van der Waals surface area contributed by atoms with Crippen molar-refractivity contribution in [2.45, 2.75) is 124 Å². The quantitative estimate of drug-likeness (QED) is 0.148. The highest BCUT2D eigenvalue weighted by Crippen LogP contribution is 2.10. The number of alkyl carbamates (subject to hydrolysis) is 2. The lowest BCUT2D eigenvalue weighted by atomic mass is 10.1. The number of rotatable bonds is 21. The predicted octanol–water partition coefficient (Wildman–Crippen LogP) is 7.46. The number of carbonyl (C=O) groups is 2. The Balaban J connectivity index is 2.24. The minimum Gasteiger partial charge on any atom is -0.444 e. The predicted molar refractivity (Wildman–Crippen MR) is 167 cm³/mol. The van der Waals surface area contributed by atoms with Gasteiger partial charge >= 0.3 is 12.2 Å². The Kier molecular flexibility index (Phi) is 19.2. The number of unbranched alkanes of at least 4 members (excludes halogenated alkanes) is 7. The van der Waals surface area contributed by atoms with Gasteiger partial charge in [-0.25, -0.2) is 9.59 Å². The Morgan fingerprint density at radius 3 is 1.54 bits per heavy atom. The van der Waals surface area contributed by atoms with Crippen LogP contribution in [0, 0.1) is 0 Å². The number of benzene rings is 1. The molecule has 1 aromatic carbocycles. The Hall–Kier alpha value is -2.32. The first-order valence-corrected chi connectivity index (χ1v) is 15.7. The largest absolute Gasteiger partial charge is 0.444 e. The normalized spacial score (nSPS) is 11.9. The highest BCUT2D eigenvalue weighted by Gasteiger charge is 2.16. The number of ether oxygens (including phenoxy) is 3. The summed E-state index contributed by atoms with van der Waals surface area (Å²) in [5.74, 6) is 0. The van der Waals surface area contributed by atoms with Gasteiger partial charge in [0.25, 0.3) is 0 Å². The van der Waals surface area contributed by atoms with E-state index >= 15 is 0 Å². The van der Waals surface area contributed by atoms with E-state index < -0.39 is 11.2 Å². The number of hydrogen-bond acceptors (Lipinski definition) is 6. The summed E-state index contributed by atoms with van der Waals surface area (Å²) < 4.78 is 16.4. The van der Waals surface area contributed by atoms with E-state index in [9.17, 15) is 9.59 Å². The first-order chi connectivity index (χ1) is 19.4. The first kappa shape index (κ1) is 36.7. The molecule has 2 N–H and O–H groups in total. The van der Waals surface area contributed by atoms with Crippen LogP contribution in [0.15, 0.2) is 30.3 Å². The monoisotopic (exact) mass is 577 g/mol. The molecule has 0 aliphatic rings. The van der Waals surface area contributed by atoms with Crippen LogP contribution < -0.4 is 10.6 Å². The van der Waals surface area contributed by atoms with Gasteiger partial charge in [-0.05, 0) is 105 Å². The maximum atomic E-state index is 11.8. The van der Waals surface area contributed by atoms with Crippen LogP contribution in [0.3, 0.4) is 0 Å². The summed E-state index contributed by atoms with van der Waals surface area (Å²) in [6.45, 7) is 17.3. The molecule has 0 saturated heterocycles. The van der Waals surface area contributed by atoms with Gasteiger partial charge in [-0.3, -0.25) is 0 Å². The molecule has 41 heavy (non-hydrogen) atoms. The minimum atomic E-state index is -0.460. The van der Waals surface area contributed by atoms with Crippen molar-refractivity contribution < 1.29 is 23.8 Å². The van der Waals surface area contributed by atoms with Crippen molar-refractivity contribution in [3.63, 3.8) is 0 Å². The molecule has 0 bridgehead atoms. The van der Waals surface area contributed by atoms with Gasteiger partial charge in [0, 0.05) is 19.7 Å². The highest BCUT2D eigenvalue weighted by atomic mass is 16.6. The summed E-state index contributed by atoms with van der Waals surface area (Å²) in [5.41, 5.74) is 0.300. The fourth-order valence-corrected chi connectivity index (χ4v) is 4.28. The van der Waals surface area contributed by atoms with E-state index in [2.05, 4.69) is 27.7 Å². The zero-order valence-corrected chi connectivity index (χ0v) is 26.9. The van der Waals surface area contributed by atoms with E-state index in [1.54, 1.807) is 0 Å². The maximum Gasteiger partial charge on any atom is 0.407 e. The Labute approximate surface area is 250 Å². The number of nitrogens with zero attached hydrogens (tertiary/aromatic N) is 1. The number of carbonyl (C=O) groups excluding carboxylic acids is 2. The van der Waals surface area contributed by atoms with Crippen molar-refractivity contribution >= 4 is 12.2 Å². The van der Waals surface area contributed by atoms with Gasteiger partial charge in [-0.2, -0.15) is 0 Å². The molecule has 1 rings (SSSR count). The molecule has 0 fully saturated rings. The summed E-state index contributed by atoms with van der Waals surface area (Å²) in [6.07, 6.45) is 10.3. The number of nitrogens with one attached hydrogen (secondary N) is 2. The molecule has 0 spiro atoms. The standard InChI is InChI=1S/C33H59N3O5/c1-32(2,3)40-30(37)34-22-14-7-9-16-24-36(26-18-19-27-39-28-29-20-12-11-13-21-29)25-17-10-8-15-23-35-31(38)41-33(4,5)6/h11-13,20-21H,7-10,14-19,22-28H2,1-6H3,(H,34,37)(H,35,38). The highest BCUT2D eigenvalue weighted by molar-refractivity contribution is 5.67. The third-order valence-electron chi connectivity index (χ3n) is 6.26. The van der Waals surface area contributed by atoms with E-state index in [0.717, 1.165) is 90.4 Å². The molecule has 236 valence electrons. The van der Waals surface area contributed by atoms with Crippen LogP contribution in [-0.2, 0) is 20.8 Å². The van der Waals surface area contributed by atoms with Crippen molar-refractivity contribution in [3.05, 3.63) is 35.9 Å². The van der Waals surface area contributed by atoms with Gasteiger partial charge in [0.1, 0.15) is 11.2 Å². The van der Waals surface area contributed by atoms with Crippen molar-refractivity contribution in [2.75, 3.05) is 39.3 Å². The molecule has 0 aliphatic heterocycles. The molecule has 1 aromatic rings. The molecule has 0 aromatic heterocycles. The van der Waals surface area contributed by atoms with Gasteiger partial charge < -0.3 is 29.7 Å². The summed E-state index contributed by atoms with van der Waals surface area (Å²) in [7, 11) is 0. The third kappa shape index (κ3) is 24.0. The van der Waals surface area contributed by atoms with Crippen LogP contribution >= 0.6 is 0 Å². The summed E-state index contributed by atoms with van der Waals surface area (Å²) in [5, 5.41) is 5.69. The van der Waals surface area contributed by atoms with Crippen LogP contribution in [0.4, 0.5) is 9.59 Å². The smallest absolute Gasteiger partial charge is 0.407 e. The van der Waals surface area contributed by atoms with Crippen molar-refractivity contribution in [3.8, 4) is 0 Å². The summed E-state index contributed by atoms with van der Waals surface area (Å²) in [4.78, 5) is 26.1. The van der Waals surface area contributed by atoms with Crippen LogP contribution in [0.5, 0.6) is 0 Å². The number of amides is 2. The fraction of sp³-hybridized carbons (Fsp3) is 0.758. The molecule has 0 aliphatic carbocycles. The third-order valence-corrected chi connectivity index (χ3v) is 6.26. The maximum absolute atomic E-state index is 11.8. The molecule has 0 saturated carbocycles. The van der Waals surface area contributed by atoms with Crippen molar-refractivity contribution in [2.24, 2.45) is 0 Å². The summed E-state index contributed by atoms with van der Waals surface area (Å²) in [6, 6.07) is 10.3. The van der Waals surface area contributed by atoms with Gasteiger partial charge in [-0.1, -0.05) is 56.0 Å². The Bertz CT molecular complexity index is 763. The van der Waals surface area contributed by atoms with Crippen LogP contribution in [0.1, 0.15) is 111 Å². The molecule has 8 heteroatoms. The molecule has 8 nitrogen and oxygen atoms in total. The lowest BCUT2D eigenvalue weighted by Crippen LogP contribution is -2.33. The Morgan fingerprint density at radius 1 is 0.634 bits per heavy atom. The zero-order chi connectivity index (χ0) is 30.4. The van der Waals surface area contributed by atoms with Crippen LogP contribution in [0.2, 0.25) is 0 Å². The topological polar surface area (TPSA) is 89.1 Å². The summed E-state index contributed by atoms with van der Waals surface area (Å²) >= 11 is 0. The molecule has 0 atom stereocenters. The molecule has 0 unspecified atom stereocenters. The van der Waals surface area contributed by atoms with E-state index in [4.69, 9.17) is 14.2 Å². The van der Waals surface area contributed by atoms with Crippen LogP contribution in [-0.4, -0.2) is 67.6 Å². The average molecular weight is 578 g/mol. The molecule has 0 heterocycles. The van der Waals surface area contributed by atoms with E-state index in [1.807, 2.05) is 59.7 Å². The van der Waals surface area contributed by atoms with E-state index in [1.165, 1.54) is 5.56 Å². The average Bonchev–Trinajstić information content (AvgIpc) is 2.87. The van der Waals surface area contributed by atoms with Crippen molar-refractivity contribution in [1.29, 1.82) is 0 Å². The molecule has 0 radical (unpaired) electrons. The second kappa shape index (κ2) is 21.4. The fourth-order valence-electron chi connectivity index (χ4n) is 4.28. The number of hydrogen-bond donors (Lipinski definition) is 2. The lowest BCUT2D eigenvalue weighted by molar-refractivity contribution is 0.0515. The SMILES string of the molecule is CC(C)(C)OC(=O)NCCCCCCN(CCCCCCNC(=O)OC(C)(C)C)CCCCOCc1ccccc1.